The van der Waals surface area contributed by atoms with Gasteiger partial charge in [-0.2, -0.15) is 0 Å². The van der Waals surface area contributed by atoms with Crippen molar-refractivity contribution in [3.63, 3.8) is 0 Å². The molecule has 21 heavy (non-hydrogen) atoms. The quantitative estimate of drug-likeness (QED) is 0.796. The van der Waals surface area contributed by atoms with Crippen molar-refractivity contribution >= 4 is 22.6 Å². The number of aryl methyl sites for hydroxylation is 1. The van der Waals surface area contributed by atoms with Crippen LogP contribution >= 0.6 is 11.6 Å². The number of aromatic nitrogens is 2. The van der Waals surface area contributed by atoms with Gasteiger partial charge in [-0.15, -0.1) is 11.6 Å². The SMILES string of the molecule is COc1ccc2nc(CCCl)n(CC3CCOC3C)c2c1. The number of benzene rings is 1. The van der Waals surface area contributed by atoms with E-state index in [9.17, 15) is 0 Å². The van der Waals surface area contributed by atoms with Crippen LogP contribution in [0.3, 0.4) is 0 Å². The molecule has 3 rings (SSSR count). The van der Waals surface area contributed by atoms with E-state index in [0.717, 1.165) is 48.6 Å². The van der Waals surface area contributed by atoms with Gasteiger partial charge >= 0.3 is 0 Å². The summed E-state index contributed by atoms with van der Waals surface area (Å²) < 4.78 is 13.3. The van der Waals surface area contributed by atoms with Gasteiger partial charge in [-0.05, 0) is 25.5 Å². The summed E-state index contributed by atoms with van der Waals surface area (Å²) in [6.07, 6.45) is 2.18. The minimum atomic E-state index is 0.303. The standard InChI is InChI=1S/C16H21ClN2O2/c1-11-12(6-8-21-11)10-19-15-9-13(20-2)3-4-14(15)18-16(19)5-7-17/h3-4,9,11-12H,5-8,10H2,1-2H3. The van der Waals surface area contributed by atoms with E-state index >= 15 is 0 Å². The van der Waals surface area contributed by atoms with Crippen LogP contribution < -0.4 is 4.74 Å². The minimum absolute atomic E-state index is 0.303. The van der Waals surface area contributed by atoms with Gasteiger partial charge in [0.15, 0.2) is 0 Å². The zero-order valence-electron chi connectivity index (χ0n) is 12.5. The molecule has 114 valence electrons. The summed E-state index contributed by atoms with van der Waals surface area (Å²) in [6.45, 7) is 3.93. The highest BCUT2D eigenvalue weighted by Crippen LogP contribution is 2.27. The fourth-order valence-corrected chi connectivity index (χ4v) is 3.18. The van der Waals surface area contributed by atoms with Crippen LogP contribution in [0.25, 0.3) is 11.0 Å². The van der Waals surface area contributed by atoms with Crippen molar-refractivity contribution in [2.24, 2.45) is 5.92 Å². The van der Waals surface area contributed by atoms with E-state index in [1.54, 1.807) is 7.11 Å². The number of nitrogens with zero attached hydrogens (tertiary/aromatic N) is 2. The molecule has 1 fully saturated rings. The number of rotatable bonds is 5. The van der Waals surface area contributed by atoms with Crippen molar-refractivity contribution in [2.45, 2.75) is 32.4 Å². The van der Waals surface area contributed by atoms with Gasteiger partial charge in [0, 0.05) is 37.4 Å². The van der Waals surface area contributed by atoms with Crippen LogP contribution in [0, 0.1) is 5.92 Å². The Balaban J connectivity index is 2.01. The summed E-state index contributed by atoms with van der Waals surface area (Å²) in [5.41, 5.74) is 2.12. The molecule has 1 aliphatic rings. The number of ether oxygens (including phenoxy) is 2. The summed E-state index contributed by atoms with van der Waals surface area (Å²) in [6, 6.07) is 6.02. The van der Waals surface area contributed by atoms with Crippen molar-refractivity contribution in [1.29, 1.82) is 0 Å². The molecule has 1 saturated heterocycles. The number of hydrogen-bond donors (Lipinski definition) is 0. The Labute approximate surface area is 130 Å². The first-order valence-corrected chi connectivity index (χ1v) is 7.97. The number of alkyl halides is 1. The third-order valence-corrected chi connectivity index (χ3v) is 4.49. The lowest BCUT2D eigenvalue weighted by molar-refractivity contribution is 0.102. The first-order chi connectivity index (χ1) is 10.2. The maximum absolute atomic E-state index is 5.94. The highest BCUT2D eigenvalue weighted by molar-refractivity contribution is 6.17. The molecule has 0 bridgehead atoms. The van der Waals surface area contributed by atoms with Crippen molar-refractivity contribution in [2.75, 3.05) is 19.6 Å². The molecule has 0 N–H and O–H groups in total. The molecule has 0 radical (unpaired) electrons. The first-order valence-electron chi connectivity index (χ1n) is 7.43. The highest BCUT2D eigenvalue weighted by Gasteiger charge is 2.26. The fourth-order valence-electron chi connectivity index (χ4n) is 3.01. The van der Waals surface area contributed by atoms with Crippen LogP contribution in [0.4, 0.5) is 0 Å². The van der Waals surface area contributed by atoms with Crippen molar-refractivity contribution in [3.05, 3.63) is 24.0 Å². The van der Waals surface area contributed by atoms with Gasteiger partial charge in [0.25, 0.3) is 0 Å². The van der Waals surface area contributed by atoms with Gasteiger partial charge in [-0.1, -0.05) is 0 Å². The largest absolute Gasteiger partial charge is 0.497 e. The average Bonchev–Trinajstić information content (AvgIpc) is 3.04. The summed E-state index contributed by atoms with van der Waals surface area (Å²) in [7, 11) is 1.69. The summed E-state index contributed by atoms with van der Waals surface area (Å²) in [5, 5.41) is 0. The van der Waals surface area contributed by atoms with Gasteiger partial charge in [0.1, 0.15) is 11.6 Å². The lowest BCUT2D eigenvalue weighted by atomic mass is 10.0. The van der Waals surface area contributed by atoms with Gasteiger partial charge in [0.2, 0.25) is 0 Å². The smallest absolute Gasteiger partial charge is 0.121 e. The molecule has 4 nitrogen and oxygen atoms in total. The fraction of sp³-hybridized carbons (Fsp3) is 0.562. The molecule has 1 aromatic heterocycles. The molecule has 2 atom stereocenters. The van der Waals surface area contributed by atoms with Gasteiger partial charge in [-0.3, -0.25) is 0 Å². The summed E-state index contributed by atoms with van der Waals surface area (Å²) in [5.74, 6) is 3.02. The third-order valence-electron chi connectivity index (χ3n) is 4.30. The van der Waals surface area contributed by atoms with Crippen molar-refractivity contribution in [3.8, 4) is 5.75 Å². The summed E-state index contributed by atoms with van der Waals surface area (Å²) >= 11 is 5.94. The van der Waals surface area contributed by atoms with E-state index in [2.05, 4.69) is 17.6 Å². The monoisotopic (exact) mass is 308 g/mol. The number of imidazole rings is 1. The van der Waals surface area contributed by atoms with Crippen LogP contribution in [0.15, 0.2) is 18.2 Å². The Bertz CT molecular complexity index is 626. The van der Waals surface area contributed by atoms with Crippen molar-refractivity contribution < 1.29 is 9.47 Å². The van der Waals surface area contributed by atoms with E-state index in [4.69, 9.17) is 26.1 Å². The second-order valence-electron chi connectivity index (χ2n) is 5.56. The molecule has 1 aliphatic heterocycles. The molecular weight excluding hydrogens is 288 g/mol. The van der Waals surface area contributed by atoms with E-state index in [1.165, 1.54) is 0 Å². The zero-order valence-corrected chi connectivity index (χ0v) is 13.3. The Morgan fingerprint density at radius 2 is 2.33 bits per heavy atom. The van der Waals surface area contributed by atoms with Crippen LogP contribution in [-0.4, -0.2) is 35.3 Å². The molecule has 5 heteroatoms. The van der Waals surface area contributed by atoms with Crippen LogP contribution in [-0.2, 0) is 17.7 Å². The molecule has 0 aliphatic carbocycles. The Morgan fingerprint density at radius 3 is 3.00 bits per heavy atom. The van der Waals surface area contributed by atoms with Crippen molar-refractivity contribution in [1.82, 2.24) is 9.55 Å². The Kier molecular flexibility index (Phi) is 4.36. The minimum Gasteiger partial charge on any atom is -0.497 e. The van der Waals surface area contributed by atoms with Gasteiger partial charge in [0.05, 0.1) is 24.2 Å². The molecule has 0 amide bonds. The zero-order chi connectivity index (χ0) is 14.8. The lowest BCUT2D eigenvalue weighted by Crippen LogP contribution is -2.19. The Hall–Kier alpha value is -1.26. The van der Waals surface area contributed by atoms with E-state index < -0.39 is 0 Å². The second-order valence-corrected chi connectivity index (χ2v) is 5.93. The van der Waals surface area contributed by atoms with E-state index in [1.807, 2.05) is 12.1 Å². The average molecular weight is 309 g/mol. The Morgan fingerprint density at radius 1 is 1.48 bits per heavy atom. The summed E-state index contributed by atoms with van der Waals surface area (Å²) in [4.78, 5) is 4.73. The number of halogens is 1. The predicted molar refractivity (Wildman–Crippen MR) is 84.2 cm³/mol. The molecular formula is C16H21ClN2O2. The number of fused-ring (bicyclic) bond motifs is 1. The maximum Gasteiger partial charge on any atom is 0.121 e. The maximum atomic E-state index is 5.94. The molecule has 1 aromatic carbocycles. The number of hydrogen-bond acceptors (Lipinski definition) is 3. The molecule has 0 spiro atoms. The third kappa shape index (κ3) is 2.87. The van der Waals surface area contributed by atoms with E-state index in [-0.39, 0.29) is 0 Å². The van der Waals surface area contributed by atoms with Crippen LogP contribution in [0.1, 0.15) is 19.2 Å². The molecule has 2 heterocycles. The topological polar surface area (TPSA) is 36.3 Å². The molecule has 0 saturated carbocycles. The van der Waals surface area contributed by atoms with Gasteiger partial charge < -0.3 is 14.0 Å². The number of methoxy groups -OCH3 is 1. The lowest BCUT2D eigenvalue weighted by Gasteiger charge is -2.17. The van der Waals surface area contributed by atoms with E-state index in [0.29, 0.717) is 17.9 Å². The second kappa shape index (κ2) is 6.24. The van der Waals surface area contributed by atoms with Crippen LogP contribution in [0.5, 0.6) is 5.75 Å². The molecule has 2 unspecified atom stereocenters. The normalized spacial score (nSPS) is 22.0. The molecule has 2 aromatic rings. The highest BCUT2D eigenvalue weighted by atomic mass is 35.5. The van der Waals surface area contributed by atoms with Crippen LogP contribution in [0.2, 0.25) is 0 Å². The van der Waals surface area contributed by atoms with Gasteiger partial charge in [-0.25, -0.2) is 4.98 Å². The first kappa shape index (κ1) is 14.7. The predicted octanol–water partition coefficient (Wildman–Crippen LogP) is 3.25.